The van der Waals surface area contributed by atoms with Gasteiger partial charge < -0.3 is 19.6 Å². The lowest BCUT2D eigenvalue weighted by Gasteiger charge is -2.45. The van der Waals surface area contributed by atoms with E-state index in [-0.39, 0.29) is 0 Å². The highest BCUT2D eigenvalue weighted by atomic mass is 15.2. The minimum absolute atomic E-state index is 0.755. The lowest BCUT2D eigenvalue weighted by Crippen LogP contribution is -2.36. The van der Waals surface area contributed by atoms with Gasteiger partial charge in [-0.15, -0.1) is 0 Å². The highest BCUT2D eigenvalue weighted by Gasteiger charge is 2.55. The molecule has 2 heterocycles. The maximum atomic E-state index is 2.61. The van der Waals surface area contributed by atoms with E-state index in [1.807, 2.05) is 0 Å². The second kappa shape index (κ2) is 24.8. The predicted octanol–water partition coefficient (Wildman–Crippen LogP) is 29.5. The Kier molecular flexibility index (Phi) is 13.9. The number of para-hydroxylation sites is 7. The van der Waals surface area contributed by atoms with Crippen molar-refractivity contribution < 1.29 is 0 Å². The van der Waals surface area contributed by atoms with Gasteiger partial charge in [0.15, 0.2) is 0 Å². The normalized spacial score (nSPS) is 13.5. The number of benzene rings is 20. The molecule has 0 saturated carbocycles. The molecule has 0 unspecified atom stereocenters. The van der Waals surface area contributed by atoms with Crippen LogP contribution in [0.5, 0.6) is 0 Å². The van der Waals surface area contributed by atoms with Crippen LogP contribution in [0.15, 0.2) is 425 Å². The van der Waals surface area contributed by atoms with Gasteiger partial charge in [0.25, 0.3) is 0 Å². The van der Waals surface area contributed by atoms with E-state index in [0.29, 0.717) is 0 Å². The van der Waals surface area contributed by atoms with Gasteiger partial charge in [0, 0.05) is 44.6 Å². The Morgan fingerprint density at radius 2 is 0.553 bits per heavy atom. The third-order valence-corrected chi connectivity index (χ3v) is 25.3. The Balaban J connectivity index is 0.724. The number of hydrogen-bond donors (Lipinski definition) is 0. The summed E-state index contributed by atoms with van der Waals surface area (Å²) >= 11 is 0. The zero-order valence-electron chi connectivity index (χ0n) is 62.2. The maximum Gasteiger partial charge on any atom is 0.0755 e. The first-order valence-electron chi connectivity index (χ1n) is 39.6. The molecule has 0 N–H and O–H groups in total. The molecule has 0 radical (unpaired) electrons. The quantitative estimate of drug-likeness (QED) is 0.143. The van der Waals surface area contributed by atoms with Gasteiger partial charge in [-0.25, -0.2) is 0 Å². The topological polar surface area (TPSA) is 13.0 Å². The average Bonchev–Trinajstić information content (AvgIpc) is 1.51. The van der Waals surface area contributed by atoms with Crippen LogP contribution < -0.4 is 19.6 Å². The Morgan fingerprint density at radius 3 is 1.10 bits per heavy atom. The highest BCUT2D eigenvalue weighted by molar-refractivity contribution is 6.20. The zero-order valence-corrected chi connectivity index (χ0v) is 62.2. The van der Waals surface area contributed by atoms with Gasteiger partial charge in [0.05, 0.1) is 50.6 Å². The molecule has 114 heavy (non-hydrogen) atoms. The Bertz CT molecular complexity index is 7290. The third-order valence-electron chi connectivity index (χ3n) is 25.3. The molecule has 20 aromatic rings. The molecule has 4 aliphatic rings. The summed E-state index contributed by atoms with van der Waals surface area (Å²) in [4.78, 5) is 10.1. The Labute approximate surface area is 661 Å². The standard InChI is InChI=1S/C110H70N4/c1-4-35-78(36-5-1)111(82-63-57-71-29-10-11-33-76(71)67-82)103-69-96-107(87-45-19-18-44-86(87)103)105-84-42-16-13-31-74(84)59-65-94(105)109(96)92-48-22-26-52-101(92)114(102-53-27-23-49-93(102)109)81-61-55-72(56-62-81)77-58-64-88-89(68-77)104(112(79-37-6-2-7-38-79)98-54-28-34-73-30-12-15-41-83(73)98)70-97-108(88)106-85-43-17-14-32-75(85)60-66-95(106)110(97)90-46-20-24-50-99(90)113(80-39-8-3-9-40-80)100-51-25-21-47-91(100)110/h1-70H. The van der Waals surface area contributed by atoms with Crippen molar-refractivity contribution in [3.05, 3.63) is 469 Å². The van der Waals surface area contributed by atoms with Gasteiger partial charge in [-0.2, -0.15) is 0 Å². The van der Waals surface area contributed by atoms with E-state index in [9.17, 15) is 0 Å². The molecule has 530 valence electrons. The second-order valence-electron chi connectivity index (χ2n) is 30.9. The van der Waals surface area contributed by atoms with Crippen molar-refractivity contribution in [1.82, 2.24) is 0 Å². The van der Waals surface area contributed by atoms with E-state index in [1.54, 1.807) is 0 Å². The van der Waals surface area contributed by atoms with Crippen LogP contribution in [0, 0.1) is 0 Å². The van der Waals surface area contributed by atoms with E-state index in [0.717, 1.165) is 84.8 Å². The molecule has 0 amide bonds. The molecule has 4 heteroatoms. The number of rotatable bonds is 9. The molecule has 2 aliphatic carbocycles. The van der Waals surface area contributed by atoms with Crippen molar-refractivity contribution in [3.63, 3.8) is 0 Å². The summed E-state index contributed by atoms with van der Waals surface area (Å²) in [6.45, 7) is 0. The van der Waals surface area contributed by atoms with Crippen molar-refractivity contribution in [1.29, 1.82) is 0 Å². The molecule has 0 fully saturated rings. The van der Waals surface area contributed by atoms with Gasteiger partial charge in [-0.05, 0) is 236 Å². The van der Waals surface area contributed by atoms with Crippen LogP contribution in [0.25, 0.3) is 98.0 Å². The van der Waals surface area contributed by atoms with Crippen LogP contribution in [0.2, 0.25) is 0 Å². The van der Waals surface area contributed by atoms with Crippen molar-refractivity contribution in [3.8, 4) is 33.4 Å². The molecule has 0 saturated heterocycles. The van der Waals surface area contributed by atoms with Crippen molar-refractivity contribution in [2.75, 3.05) is 19.6 Å². The number of fused-ring (bicyclic) bond motifs is 28. The largest absolute Gasteiger partial charge is 0.310 e. The number of hydrogen-bond acceptors (Lipinski definition) is 4. The number of nitrogens with zero attached hydrogens (tertiary/aromatic N) is 4. The van der Waals surface area contributed by atoms with E-state index < -0.39 is 10.8 Å². The van der Waals surface area contributed by atoms with E-state index in [2.05, 4.69) is 444 Å². The second-order valence-corrected chi connectivity index (χ2v) is 30.9. The molecule has 4 nitrogen and oxygen atoms in total. The first kappa shape index (κ1) is 64.0. The zero-order chi connectivity index (χ0) is 74.7. The summed E-state index contributed by atoms with van der Waals surface area (Å²) < 4.78 is 0. The minimum atomic E-state index is -0.760. The fourth-order valence-electron chi connectivity index (χ4n) is 20.7. The van der Waals surface area contributed by atoms with Gasteiger partial charge in [-0.1, -0.05) is 315 Å². The summed E-state index contributed by atoms with van der Waals surface area (Å²) in [5.74, 6) is 0. The van der Waals surface area contributed by atoms with Gasteiger partial charge in [-0.3, -0.25) is 0 Å². The molecule has 0 aromatic heterocycles. The molecule has 0 atom stereocenters. The molecule has 2 aliphatic heterocycles. The van der Waals surface area contributed by atoms with Crippen LogP contribution in [0.3, 0.4) is 0 Å². The molecule has 2 spiro atoms. The van der Waals surface area contributed by atoms with Crippen LogP contribution in [-0.2, 0) is 10.8 Å². The predicted molar refractivity (Wildman–Crippen MR) is 477 cm³/mol. The minimum Gasteiger partial charge on any atom is -0.310 e. The van der Waals surface area contributed by atoms with Crippen LogP contribution in [0.1, 0.15) is 44.5 Å². The van der Waals surface area contributed by atoms with E-state index >= 15 is 0 Å². The Morgan fingerprint density at radius 1 is 0.175 bits per heavy atom. The smallest absolute Gasteiger partial charge is 0.0755 e. The van der Waals surface area contributed by atoms with Gasteiger partial charge >= 0.3 is 0 Å². The summed E-state index contributed by atoms with van der Waals surface area (Å²) in [6.07, 6.45) is 0. The molecular formula is C110H70N4. The van der Waals surface area contributed by atoms with E-state index in [1.165, 1.54) is 126 Å². The van der Waals surface area contributed by atoms with Crippen molar-refractivity contribution in [2.45, 2.75) is 10.8 Å². The lowest BCUT2D eigenvalue weighted by atomic mass is 9.64. The van der Waals surface area contributed by atoms with Crippen LogP contribution in [-0.4, -0.2) is 0 Å². The first-order valence-corrected chi connectivity index (χ1v) is 39.6. The summed E-state index contributed by atoms with van der Waals surface area (Å²) in [6, 6.07) is 160. The number of anilines is 12. The molecular weight excluding hydrogens is 1380 g/mol. The summed E-state index contributed by atoms with van der Waals surface area (Å²) in [5.41, 5.74) is 29.3. The highest BCUT2D eigenvalue weighted by Crippen LogP contribution is 2.69. The van der Waals surface area contributed by atoms with Crippen LogP contribution >= 0.6 is 0 Å². The monoisotopic (exact) mass is 1450 g/mol. The fraction of sp³-hybridized carbons (Fsp3) is 0.0182. The molecule has 20 aromatic carbocycles. The average molecular weight is 1450 g/mol. The van der Waals surface area contributed by atoms with E-state index in [4.69, 9.17) is 0 Å². The Hall–Kier alpha value is -14.8. The van der Waals surface area contributed by atoms with Crippen molar-refractivity contribution in [2.24, 2.45) is 0 Å². The first-order chi connectivity index (χ1) is 56.6. The fourth-order valence-corrected chi connectivity index (χ4v) is 20.7. The van der Waals surface area contributed by atoms with Gasteiger partial charge in [0.2, 0.25) is 0 Å². The van der Waals surface area contributed by atoms with Gasteiger partial charge in [0.1, 0.15) is 0 Å². The summed E-state index contributed by atoms with van der Waals surface area (Å²) in [5, 5.41) is 14.4. The van der Waals surface area contributed by atoms with Crippen molar-refractivity contribution >= 4 is 133 Å². The summed E-state index contributed by atoms with van der Waals surface area (Å²) in [7, 11) is 0. The van der Waals surface area contributed by atoms with Crippen LogP contribution in [0.4, 0.5) is 68.2 Å². The molecule has 24 rings (SSSR count). The SMILES string of the molecule is c1ccc(N2c3ccccc3C3(c4ccccc42)c2ccc4ccccc4c2-c2c3cc(N(c3ccccc3)c3cccc4ccccc34)c3cc(-c4ccc(N5c6ccccc6C6(c7ccccc75)c5ccc7ccccc7c5-c5c6cc(N(c6ccccc6)c6ccc7ccccc7c6)c6ccccc56)cc4)ccc23)cc1. The lowest BCUT2D eigenvalue weighted by molar-refractivity contribution is 0.753. The third kappa shape index (κ3) is 8.99. The maximum absolute atomic E-state index is 2.61. The molecule has 0 bridgehead atoms.